The maximum atomic E-state index is 11.8. The van der Waals surface area contributed by atoms with Gasteiger partial charge >= 0.3 is 0 Å². The van der Waals surface area contributed by atoms with Crippen molar-refractivity contribution < 1.29 is 4.79 Å². The molecule has 3 nitrogen and oxygen atoms in total. The van der Waals surface area contributed by atoms with Gasteiger partial charge in [-0.3, -0.25) is 4.79 Å². The van der Waals surface area contributed by atoms with Crippen molar-refractivity contribution in [3.05, 3.63) is 34.9 Å². The number of hydrogen-bond acceptors (Lipinski definition) is 2. The van der Waals surface area contributed by atoms with Crippen molar-refractivity contribution in [3.63, 3.8) is 0 Å². The standard InChI is InChI=1S/C13H19ClN2O/c1-4-16(3)13(17)10(2)15-9-11-6-5-7-12(14)8-11/h5-8,10,15H,4,9H2,1-3H3. The Hall–Kier alpha value is -1.06. The number of rotatable bonds is 5. The Bertz CT molecular complexity index is 381. The monoisotopic (exact) mass is 254 g/mol. The van der Waals surface area contributed by atoms with Crippen molar-refractivity contribution in [2.24, 2.45) is 0 Å². The van der Waals surface area contributed by atoms with E-state index in [2.05, 4.69) is 5.32 Å². The van der Waals surface area contributed by atoms with Crippen LogP contribution in [0.2, 0.25) is 5.02 Å². The lowest BCUT2D eigenvalue weighted by molar-refractivity contribution is -0.131. The Morgan fingerprint density at radius 1 is 1.53 bits per heavy atom. The van der Waals surface area contributed by atoms with Gasteiger partial charge in [0.05, 0.1) is 6.04 Å². The Morgan fingerprint density at radius 2 is 2.24 bits per heavy atom. The Kier molecular flexibility index (Phi) is 5.45. The predicted octanol–water partition coefficient (Wildman–Crippen LogP) is 2.30. The van der Waals surface area contributed by atoms with Gasteiger partial charge < -0.3 is 10.2 Å². The summed E-state index contributed by atoms with van der Waals surface area (Å²) in [5, 5.41) is 3.91. The highest BCUT2D eigenvalue weighted by Gasteiger charge is 2.15. The first-order chi connectivity index (χ1) is 8.04. The summed E-state index contributed by atoms with van der Waals surface area (Å²) in [4.78, 5) is 13.5. The van der Waals surface area contributed by atoms with Gasteiger partial charge in [0, 0.05) is 25.2 Å². The van der Waals surface area contributed by atoms with Crippen LogP contribution in [0.25, 0.3) is 0 Å². The smallest absolute Gasteiger partial charge is 0.239 e. The van der Waals surface area contributed by atoms with Gasteiger partial charge in [-0.15, -0.1) is 0 Å². The first-order valence-electron chi connectivity index (χ1n) is 5.77. The molecule has 1 N–H and O–H groups in total. The quantitative estimate of drug-likeness (QED) is 0.875. The van der Waals surface area contributed by atoms with Gasteiger partial charge in [-0.05, 0) is 31.5 Å². The zero-order chi connectivity index (χ0) is 12.8. The molecule has 94 valence electrons. The van der Waals surface area contributed by atoms with Crippen LogP contribution in [0.5, 0.6) is 0 Å². The number of hydrogen-bond donors (Lipinski definition) is 1. The van der Waals surface area contributed by atoms with Crippen molar-refractivity contribution in [3.8, 4) is 0 Å². The first kappa shape index (κ1) is 14.0. The van der Waals surface area contributed by atoms with E-state index >= 15 is 0 Å². The van der Waals surface area contributed by atoms with Gasteiger partial charge in [0.15, 0.2) is 0 Å². The summed E-state index contributed by atoms with van der Waals surface area (Å²) in [5.41, 5.74) is 1.08. The SMILES string of the molecule is CCN(C)C(=O)C(C)NCc1cccc(Cl)c1. The summed E-state index contributed by atoms with van der Waals surface area (Å²) in [6.07, 6.45) is 0. The molecular weight excluding hydrogens is 236 g/mol. The Morgan fingerprint density at radius 3 is 2.82 bits per heavy atom. The van der Waals surface area contributed by atoms with E-state index in [0.29, 0.717) is 11.6 Å². The van der Waals surface area contributed by atoms with E-state index < -0.39 is 0 Å². The fraction of sp³-hybridized carbons (Fsp3) is 0.462. The molecule has 4 heteroatoms. The predicted molar refractivity (Wildman–Crippen MR) is 71.1 cm³/mol. The van der Waals surface area contributed by atoms with Crippen LogP contribution in [0.1, 0.15) is 19.4 Å². The van der Waals surface area contributed by atoms with E-state index in [1.807, 2.05) is 38.1 Å². The molecule has 0 aromatic heterocycles. The third-order valence-corrected chi connectivity index (χ3v) is 2.96. The molecule has 0 aliphatic carbocycles. The molecule has 0 bridgehead atoms. The minimum Gasteiger partial charge on any atom is -0.345 e. The maximum Gasteiger partial charge on any atom is 0.239 e. The molecule has 0 radical (unpaired) electrons. The van der Waals surface area contributed by atoms with Crippen LogP contribution in [0.4, 0.5) is 0 Å². The molecule has 1 rings (SSSR count). The molecule has 0 aliphatic rings. The van der Waals surface area contributed by atoms with Gasteiger partial charge in [-0.1, -0.05) is 23.7 Å². The summed E-state index contributed by atoms with van der Waals surface area (Å²) < 4.78 is 0. The van der Waals surface area contributed by atoms with Crippen LogP contribution >= 0.6 is 11.6 Å². The second kappa shape index (κ2) is 6.62. The molecule has 0 spiro atoms. The topological polar surface area (TPSA) is 32.3 Å². The summed E-state index contributed by atoms with van der Waals surface area (Å²) >= 11 is 5.89. The third-order valence-electron chi connectivity index (χ3n) is 2.72. The number of carbonyl (C=O) groups excluding carboxylic acids is 1. The minimum atomic E-state index is -0.182. The van der Waals surface area contributed by atoms with E-state index in [9.17, 15) is 4.79 Å². The van der Waals surface area contributed by atoms with Crippen LogP contribution in [-0.4, -0.2) is 30.4 Å². The molecule has 1 amide bonds. The van der Waals surface area contributed by atoms with Crippen molar-refractivity contribution >= 4 is 17.5 Å². The van der Waals surface area contributed by atoms with E-state index in [0.717, 1.165) is 12.1 Å². The average Bonchev–Trinajstić information content (AvgIpc) is 2.34. The molecule has 1 aromatic rings. The summed E-state index contributed by atoms with van der Waals surface area (Å²) in [5.74, 6) is 0.106. The van der Waals surface area contributed by atoms with Gasteiger partial charge in [0.25, 0.3) is 0 Å². The summed E-state index contributed by atoms with van der Waals surface area (Å²) in [6.45, 7) is 5.20. The molecular formula is C13H19ClN2O. The van der Waals surface area contributed by atoms with Crippen molar-refractivity contribution in [1.29, 1.82) is 0 Å². The number of amides is 1. The van der Waals surface area contributed by atoms with Crippen molar-refractivity contribution in [2.45, 2.75) is 26.4 Å². The van der Waals surface area contributed by atoms with Crippen LogP contribution < -0.4 is 5.32 Å². The Balaban J connectivity index is 2.48. The van der Waals surface area contributed by atoms with Gasteiger partial charge in [-0.25, -0.2) is 0 Å². The minimum absolute atomic E-state index is 0.106. The fourth-order valence-corrected chi connectivity index (χ4v) is 1.70. The number of benzene rings is 1. The molecule has 1 atom stereocenters. The molecule has 0 aliphatic heterocycles. The Labute approximate surface area is 108 Å². The molecule has 0 saturated carbocycles. The summed E-state index contributed by atoms with van der Waals surface area (Å²) in [7, 11) is 1.81. The number of halogens is 1. The zero-order valence-electron chi connectivity index (χ0n) is 10.5. The van der Waals surface area contributed by atoms with E-state index in [1.54, 1.807) is 11.9 Å². The molecule has 1 aromatic carbocycles. The lowest BCUT2D eigenvalue weighted by atomic mass is 10.2. The van der Waals surface area contributed by atoms with Crippen LogP contribution in [0, 0.1) is 0 Å². The second-order valence-electron chi connectivity index (χ2n) is 4.08. The number of nitrogens with zero attached hydrogens (tertiary/aromatic N) is 1. The van der Waals surface area contributed by atoms with Crippen LogP contribution in [0.15, 0.2) is 24.3 Å². The third kappa shape index (κ3) is 4.36. The van der Waals surface area contributed by atoms with Crippen LogP contribution in [0.3, 0.4) is 0 Å². The van der Waals surface area contributed by atoms with E-state index in [4.69, 9.17) is 11.6 Å². The highest BCUT2D eigenvalue weighted by atomic mass is 35.5. The lowest BCUT2D eigenvalue weighted by Crippen LogP contribution is -2.42. The van der Waals surface area contributed by atoms with Crippen LogP contribution in [-0.2, 0) is 11.3 Å². The second-order valence-corrected chi connectivity index (χ2v) is 4.52. The normalized spacial score (nSPS) is 12.2. The summed E-state index contributed by atoms with van der Waals surface area (Å²) in [6, 6.07) is 7.45. The van der Waals surface area contributed by atoms with E-state index in [-0.39, 0.29) is 11.9 Å². The first-order valence-corrected chi connectivity index (χ1v) is 6.15. The molecule has 1 unspecified atom stereocenters. The highest BCUT2D eigenvalue weighted by molar-refractivity contribution is 6.30. The number of likely N-dealkylation sites (N-methyl/N-ethyl adjacent to an activating group) is 1. The fourth-order valence-electron chi connectivity index (χ4n) is 1.49. The van der Waals surface area contributed by atoms with Gasteiger partial charge in [0.2, 0.25) is 5.91 Å². The number of nitrogens with one attached hydrogen (secondary N) is 1. The van der Waals surface area contributed by atoms with E-state index in [1.165, 1.54) is 0 Å². The molecule has 0 saturated heterocycles. The van der Waals surface area contributed by atoms with Gasteiger partial charge in [-0.2, -0.15) is 0 Å². The van der Waals surface area contributed by atoms with Gasteiger partial charge in [0.1, 0.15) is 0 Å². The highest BCUT2D eigenvalue weighted by Crippen LogP contribution is 2.10. The van der Waals surface area contributed by atoms with Crippen molar-refractivity contribution in [2.75, 3.05) is 13.6 Å². The average molecular weight is 255 g/mol. The number of carbonyl (C=O) groups is 1. The maximum absolute atomic E-state index is 11.8. The molecule has 0 heterocycles. The zero-order valence-corrected chi connectivity index (χ0v) is 11.3. The molecule has 17 heavy (non-hydrogen) atoms. The largest absolute Gasteiger partial charge is 0.345 e. The van der Waals surface area contributed by atoms with Crippen molar-refractivity contribution in [1.82, 2.24) is 10.2 Å². The lowest BCUT2D eigenvalue weighted by Gasteiger charge is -2.20. The molecule has 0 fully saturated rings.